The molecule has 142 heavy (non-hydrogen) atoms. The van der Waals surface area contributed by atoms with Gasteiger partial charge in [0.15, 0.2) is 5.78 Å². The van der Waals surface area contributed by atoms with E-state index in [2.05, 4.69) is 48.7 Å². The Morgan fingerprint density at radius 3 is 0.901 bits per heavy atom. The number of esters is 3. The number of nitrogens with zero attached hydrogens (tertiary/aromatic N) is 5. The zero-order valence-corrected chi connectivity index (χ0v) is 88.1. The fraction of sp³-hybridized carbons (Fsp3) is 0.330. The second kappa shape index (κ2) is 56.1. The molecule has 0 spiro atoms. The highest BCUT2D eigenvalue weighted by atomic mass is 79.9. The van der Waals surface area contributed by atoms with Crippen molar-refractivity contribution in [3.05, 3.63) is 300 Å². The number of hydrogen-bond donors (Lipinski definition) is 4. The molecule has 0 radical (unpaired) electrons. The first-order valence-corrected chi connectivity index (χ1v) is 56.5. The quantitative estimate of drug-likeness (QED) is 0.00643. The van der Waals surface area contributed by atoms with E-state index in [0.717, 1.165) is 36.2 Å². The molecule has 0 unspecified atom stereocenters. The number of benzene rings is 10. The molecule has 0 bridgehead atoms. The Balaban J connectivity index is 0.000000300. The Bertz CT molecular complexity index is 6600. The molecule has 0 aliphatic carbocycles. The number of aromatic carboxylic acids is 1. The molecule has 0 aromatic heterocycles. The van der Waals surface area contributed by atoms with Crippen molar-refractivity contribution in [3.8, 4) is 0 Å². The van der Waals surface area contributed by atoms with Crippen molar-refractivity contribution in [1.82, 2.24) is 8.61 Å². The van der Waals surface area contributed by atoms with Crippen LogP contribution in [0.3, 0.4) is 0 Å². The van der Waals surface area contributed by atoms with Crippen LogP contribution < -0.4 is 29.1 Å². The molecule has 0 saturated carbocycles. The molecule has 45 heteroatoms. The normalized spacial score (nSPS) is 13.2. The highest BCUT2D eigenvalue weighted by molar-refractivity contribution is 9.09. The number of nitrogen functional groups attached to an aromatic ring is 1. The Morgan fingerprint density at radius 1 is 0.394 bits per heavy atom. The molecule has 0 amide bonds. The average molecular weight is 2200 g/mol. The van der Waals surface area contributed by atoms with Crippen LogP contribution in [0, 0.1) is 58.7 Å². The second-order valence-electron chi connectivity index (χ2n) is 33.5. The number of methoxy groups -OCH3 is 3. The van der Waals surface area contributed by atoms with Crippen molar-refractivity contribution in [2.24, 2.45) is 35.3 Å². The van der Waals surface area contributed by atoms with Gasteiger partial charge >= 0.3 is 23.9 Å². The van der Waals surface area contributed by atoms with E-state index in [9.17, 15) is 105 Å². The van der Waals surface area contributed by atoms with Crippen LogP contribution in [0.4, 0.5) is 50.4 Å². The maximum atomic E-state index is 13.4. The maximum absolute atomic E-state index is 13.4. The van der Waals surface area contributed by atoms with Crippen LogP contribution in [-0.2, 0) is 83.4 Å². The minimum absolute atomic E-state index is 0.00569. The number of alkyl halides is 1. The summed E-state index contributed by atoms with van der Waals surface area (Å²) in [5.41, 5.74) is 14.0. The van der Waals surface area contributed by atoms with Crippen LogP contribution in [0.1, 0.15) is 139 Å². The van der Waals surface area contributed by atoms with E-state index < -0.39 is 116 Å². The van der Waals surface area contributed by atoms with Gasteiger partial charge in [-0.25, -0.2) is 109 Å². The molecule has 0 atom stereocenters. The van der Waals surface area contributed by atoms with Crippen molar-refractivity contribution >= 4 is 154 Å². The van der Waals surface area contributed by atoms with E-state index in [1.807, 2.05) is 41.5 Å². The molecule has 2 saturated heterocycles. The number of nitrogens with one attached hydrogen (secondary N) is 1. The number of halogens is 7. The number of carbonyl (C=O) groups is 5. The minimum Gasteiger partial charge on any atom is -0.478 e. The summed E-state index contributed by atoms with van der Waals surface area (Å²) >= 11 is 3.31. The summed E-state index contributed by atoms with van der Waals surface area (Å²) in [7, 11) is -16.6. The topological polar surface area (TPSA) is 453 Å². The highest BCUT2D eigenvalue weighted by Crippen LogP contribution is 2.32. The first kappa shape index (κ1) is 121. The molecule has 2 heterocycles. The number of hydrogen-bond acceptors (Lipinski definition) is 24. The number of nitrogens with two attached hydrogens (primary N) is 2. The number of carbonyl (C=O) groups excluding carboxylic acids is 4. The number of piperidine rings is 2. The van der Waals surface area contributed by atoms with Gasteiger partial charge in [-0.15, -0.1) is 0 Å². The van der Waals surface area contributed by atoms with Gasteiger partial charge in [0.25, 0.3) is 49.1 Å². The molecule has 774 valence electrons. The van der Waals surface area contributed by atoms with Crippen molar-refractivity contribution < 1.29 is 124 Å². The number of carboxylic acids is 1. The number of Topliss-reactive ketones (excluding diaryl/α,β-unsaturated/α-hetero) is 1. The van der Waals surface area contributed by atoms with Gasteiger partial charge in [0, 0.05) is 91.2 Å². The minimum atomic E-state index is -3.91. The summed E-state index contributed by atoms with van der Waals surface area (Å²) in [6.45, 7) is 18.3. The van der Waals surface area contributed by atoms with Crippen molar-refractivity contribution in [1.29, 1.82) is 0 Å². The van der Waals surface area contributed by atoms with Crippen LogP contribution in [-0.4, -0.2) is 193 Å². The average Bonchev–Trinajstić information content (AvgIpc) is 0.791. The predicted octanol–water partition coefficient (Wildman–Crippen LogP) is 17.4. The SMILES string of the molecule is CC(C)CBr.CC(C)CN(c1ccc(F)cc1)S(=O)(=O)c1ccc(C(=O)CC2CCN(S(C)(=O)=O)CC2)cc1.CC(C)CN(c1ccc(F)cc1)S(=O)(=O)c1ccc(C(=O)O)cc1.COC(=O)c1ccc(S(=O)(=O)Cl)cc1.COC(=O)c1ccc(S(=O)(=O)N(CC(C)C)c2ccc(F)cc2)cc1.COC(=O)c1ccc(S(=O)(=O)Nc2ccc(F)cc2)cc1.CS(=O)(=O)N1CCC(N)CC1.Nc1ccc(F)cc1. The first-order chi connectivity index (χ1) is 66.3. The first-order valence-electron chi connectivity index (χ1n) is 43.6. The van der Waals surface area contributed by atoms with Crippen LogP contribution >= 0.6 is 26.6 Å². The summed E-state index contributed by atoms with van der Waals surface area (Å²) in [6, 6.07) is 53.5. The van der Waals surface area contributed by atoms with Gasteiger partial charge in [-0.1, -0.05) is 83.5 Å². The van der Waals surface area contributed by atoms with Crippen molar-refractivity contribution in [3.63, 3.8) is 0 Å². The fourth-order valence-corrected chi connectivity index (χ4v) is 21.1. The molecule has 2 aliphatic heterocycles. The van der Waals surface area contributed by atoms with Gasteiger partial charge in [0.2, 0.25) is 20.0 Å². The molecular formula is C97H117BrClF5N8O23S7. The second-order valence-corrected chi connectivity index (χ2v) is 48.0. The lowest BCUT2D eigenvalue weighted by Gasteiger charge is -2.29. The Morgan fingerprint density at radius 2 is 0.648 bits per heavy atom. The zero-order chi connectivity index (χ0) is 107. The number of ether oxygens (including phenoxy) is 3. The van der Waals surface area contributed by atoms with Crippen molar-refractivity contribution in [2.45, 2.75) is 118 Å². The van der Waals surface area contributed by atoms with Crippen LogP contribution in [0.25, 0.3) is 0 Å². The third-order valence-electron chi connectivity index (χ3n) is 20.2. The summed E-state index contributed by atoms with van der Waals surface area (Å²) in [5, 5.41) is 10.0. The third-order valence-corrected chi connectivity index (χ3v) is 32.2. The summed E-state index contributed by atoms with van der Waals surface area (Å²) < 4.78 is 257. The lowest BCUT2D eigenvalue weighted by atomic mass is 9.90. The number of anilines is 5. The maximum Gasteiger partial charge on any atom is 0.337 e. The van der Waals surface area contributed by atoms with Gasteiger partial charge in [0.1, 0.15) is 29.1 Å². The molecule has 6 N–H and O–H groups in total. The zero-order valence-electron chi connectivity index (χ0n) is 80.1. The van der Waals surface area contributed by atoms with Crippen molar-refractivity contribution in [2.75, 3.05) is 108 Å². The van der Waals surface area contributed by atoms with Gasteiger partial charge in [-0.2, -0.15) is 0 Å². The molecule has 2 fully saturated rings. The highest BCUT2D eigenvalue weighted by Gasteiger charge is 2.32. The van der Waals surface area contributed by atoms with Gasteiger partial charge in [0.05, 0.1) is 97.6 Å². The van der Waals surface area contributed by atoms with E-state index in [1.54, 1.807) is 0 Å². The van der Waals surface area contributed by atoms with Crippen LogP contribution in [0.15, 0.2) is 267 Å². The standard InChI is InChI=1S/C24H31FN2O5S2.C18H20FNO4S.C17H18FNO4S.C14H12FNO4S.C8H7ClO4S.C6H6FN.C6H14N2O2S.C4H9Br/c1-18(2)17-27(22-8-6-21(25)7-9-22)34(31,32)23-10-4-20(5-11-23)24(28)16-19-12-14-26(15-13-19)33(3,29)30;1-13(2)12-20(16-8-6-15(19)7-9-16)25(22,23)17-10-4-14(5-11-17)18(21)24-3;1-12(2)11-19(15-7-5-14(18)6-8-15)24(22,23)16-9-3-13(4-10-16)17(20)21;1-20-14(17)10-2-8-13(9-3-10)21(18,19)16-12-6-4-11(15)5-7-12;1-13-8(10)6-2-4-7(5-3-6)14(9,11)12;7-5-1-3-6(8)4-2-5;1-11(9,10)8-4-2-6(7)3-5-8;1-4(2)3-5/h4-11,18-19H,12-17H2,1-3H3;4-11,13H,12H2,1-3H3;3-10,12H,11H2,1-2H3,(H,20,21);2-9,16H,1H3;2-5H,1H3;1-4H,8H2;6H,2-5,7H2,1H3;4H,3H2,1-2H3. The van der Waals surface area contributed by atoms with E-state index in [1.165, 1.54) is 286 Å². The van der Waals surface area contributed by atoms with E-state index in [-0.39, 0.29) is 113 Å². The van der Waals surface area contributed by atoms with Gasteiger partial charge in [-0.05, 0) is 286 Å². The molecule has 10 aromatic carbocycles. The van der Waals surface area contributed by atoms with E-state index in [4.69, 9.17) is 27.3 Å². The lowest BCUT2D eigenvalue weighted by molar-refractivity contribution is 0.0592. The van der Waals surface area contributed by atoms with E-state index in [0.29, 0.717) is 73.8 Å². The molecular weight excluding hydrogens is 2080 g/mol. The summed E-state index contributed by atoms with van der Waals surface area (Å²) in [5.74, 6) is -3.85. The third kappa shape index (κ3) is 39.8. The molecule has 31 nitrogen and oxygen atoms in total. The predicted molar refractivity (Wildman–Crippen MR) is 542 cm³/mol. The monoisotopic (exact) mass is 2190 g/mol. The van der Waals surface area contributed by atoms with Gasteiger partial charge in [-0.3, -0.25) is 22.4 Å². The Kier molecular flexibility index (Phi) is 47.9. The number of sulfonamides is 6. The number of ketones is 1. The van der Waals surface area contributed by atoms with Crippen LogP contribution in [0.5, 0.6) is 0 Å². The Hall–Kier alpha value is -11.3. The largest absolute Gasteiger partial charge is 0.478 e. The summed E-state index contributed by atoms with van der Waals surface area (Å²) in [6.07, 6.45) is 5.52. The van der Waals surface area contributed by atoms with Gasteiger partial charge < -0.3 is 30.8 Å². The fourth-order valence-electron chi connectivity index (χ4n) is 12.7. The molecule has 2 aliphatic rings. The Labute approximate surface area is 841 Å². The number of carboxylic acid groups (broad SMARTS) is 1. The van der Waals surface area contributed by atoms with E-state index >= 15 is 0 Å². The molecule has 12 rings (SSSR count). The lowest BCUT2D eigenvalue weighted by Crippen LogP contribution is -2.42. The molecule has 10 aromatic rings. The number of rotatable bonds is 29. The summed E-state index contributed by atoms with van der Waals surface area (Å²) in [4.78, 5) is 57.4. The smallest absolute Gasteiger partial charge is 0.337 e. The van der Waals surface area contributed by atoms with Crippen LogP contribution in [0.2, 0.25) is 0 Å².